The number of nitrogens with one attached hydrogen (secondary N) is 1. The fraction of sp³-hybridized carbons (Fsp3) is 0.160. The number of anilines is 1. The predicted molar refractivity (Wildman–Crippen MR) is 125 cm³/mol. The van der Waals surface area contributed by atoms with E-state index >= 15 is 0 Å². The quantitative estimate of drug-likeness (QED) is 0.440. The average molecular weight is 422 g/mol. The fourth-order valence-electron chi connectivity index (χ4n) is 3.80. The molecule has 0 aliphatic carbocycles. The Morgan fingerprint density at radius 3 is 2.25 bits per heavy atom. The molecule has 0 fully saturated rings. The number of pyridine rings is 3. The van der Waals surface area contributed by atoms with Crippen LogP contribution in [0.1, 0.15) is 22.5 Å². The number of aryl methyl sites for hydroxylation is 3. The van der Waals surface area contributed by atoms with Gasteiger partial charge in [0.25, 0.3) is 0 Å². The van der Waals surface area contributed by atoms with Gasteiger partial charge in [0, 0.05) is 47.7 Å². The zero-order valence-electron chi connectivity index (χ0n) is 18.2. The lowest BCUT2D eigenvalue weighted by Crippen LogP contribution is -2.06. The van der Waals surface area contributed by atoms with Crippen LogP contribution in [0, 0.1) is 20.8 Å². The van der Waals surface area contributed by atoms with Gasteiger partial charge in [-0.15, -0.1) is 0 Å². The summed E-state index contributed by atoms with van der Waals surface area (Å²) in [4.78, 5) is 17.7. The van der Waals surface area contributed by atoms with Crippen molar-refractivity contribution in [2.45, 2.75) is 27.3 Å². The summed E-state index contributed by atoms with van der Waals surface area (Å²) in [5.74, 6) is 0.698. The highest BCUT2D eigenvalue weighted by Gasteiger charge is 2.09. The van der Waals surface area contributed by atoms with E-state index < -0.39 is 0 Å². The zero-order chi connectivity index (χ0) is 22.1. The first-order valence-corrected chi connectivity index (χ1v) is 10.5. The van der Waals surface area contributed by atoms with Gasteiger partial charge in [0.2, 0.25) is 5.95 Å². The molecule has 158 valence electrons. The monoisotopic (exact) mass is 421 g/mol. The molecule has 5 heterocycles. The molecule has 0 spiro atoms. The van der Waals surface area contributed by atoms with Crippen LogP contribution in [-0.2, 0) is 6.54 Å². The van der Waals surface area contributed by atoms with Crippen LogP contribution in [-0.4, -0.2) is 29.5 Å². The molecule has 0 atom stereocenters. The highest BCUT2D eigenvalue weighted by atomic mass is 15.3. The van der Waals surface area contributed by atoms with Gasteiger partial charge in [-0.25, -0.2) is 4.98 Å². The Hall–Kier alpha value is -4.13. The summed E-state index contributed by atoms with van der Waals surface area (Å²) in [7, 11) is 0. The number of nitrogens with zero attached hydrogens (tertiary/aromatic N) is 6. The van der Waals surface area contributed by atoms with Crippen LogP contribution < -0.4 is 5.32 Å². The van der Waals surface area contributed by atoms with Crippen LogP contribution in [0.5, 0.6) is 0 Å². The van der Waals surface area contributed by atoms with Crippen molar-refractivity contribution in [3.63, 3.8) is 0 Å². The molecule has 0 saturated heterocycles. The first-order valence-electron chi connectivity index (χ1n) is 10.5. The van der Waals surface area contributed by atoms with Gasteiger partial charge in [-0.2, -0.15) is 9.61 Å². The molecule has 0 aliphatic rings. The molecule has 0 amide bonds. The smallest absolute Gasteiger partial charge is 0.224 e. The Labute approximate surface area is 186 Å². The molecule has 7 nitrogen and oxygen atoms in total. The molecule has 0 aliphatic heterocycles. The van der Waals surface area contributed by atoms with Crippen LogP contribution in [0.4, 0.5) is 5.95 Å². The number of hydrogen-bond acceptors (Lipinski definition) is 6. The Bertz CT molecular complexity index is 1420. The molecule has 0 unspecified atom stereocenters. The van der Waals surface area contributed by atoms with E-state index in [1.807, 2.05) is 61.5 Å². The summed E-state index contributed by atoms with van der Waals surface area (Å²) in [5.41, 5.74) is 9.28. The first kappa shape index (κ1) is 19.8. The highest BCUT2D eigenvalue weighted by molar-refractivity contribution is 5.68. The highest BCUT2D eigenvalue weighted by Crippen LogP contribution is 2.23. The van der Waals surface area contributed by atoms with E-state index in [0.29, 0.717) is 12.5 Å². The number of imidazole rings is 1. The van der Waals surface area contributed by atoms with E-state index in [9.17, 15) is 0 Å². The maximum Gasteiger partial charge on any atom is 0.224 e. The molecule has 1 N–H and O–H groups in total. The van der Waals surface area contributed by atoms with Gasteiger partial charge < -0.3 is 5.32 Å². The van der Waals surface area contributed by atoms with Crippen LogP contribution in [0.3, 0.4) is 0 Å². The largest absolute Gasteiger partial charge is 0.350 e. The lowest BCUT2D eigenvalue weighted by molar-refractivity contribution is 0.912. The standard InChI is InChI=1S/C25H23N7/c1-16-8-19(12-28-24(16)21-5-7-27-18(3)10-21)13-29-25-30-15-23-11-22(14-31-32(23)25)20-4-6-26-17(2)9-20/h4-12,14-15H,13H2,1-3H3,(H,29,30). The minimum Gasteiger partial charge on any atom is -0.350 e. The molecule has 0 radical (unpaired) electrons. The summed E-state index contributed by atoms with van der Waals surface area (Å²) in [6, 6.07) is 12.3. The molecule has 7 heteroatoms. The van der Waals surface area contributed by atoms with Crippen molar-refractivity contribution in [3.8, 4) is 22.4 Å². The summed E-state index contributed by atoms with van der Waals surface area (Å²) in [6.45, 7) is 6.66. The number of fused-ring (bicyclic) bond motifs is 1. The molecule has 0 bridgehead atoms. The molecular formula is C25H23N7. The second-order valence-corrected chi connectivity index (χ2v) is 7.90. The van der Waals surface area contributed by atoms with E-state index in [2.05, 4.69) is 61.5 Å². The van der Waals surface area contributed by atoms with Crippen molar-refractivity contribution < 1.29 is 0 Å². The molecule has 5 rings (SSSR count). The van der Waals surface area contributed by atoms with E-state index in [1.54, 1.807) is 0 Å². The SMILES string of the molecule is Cc1cc(-c2cnn3c(NCc4cnc(-c5ccnc(C)c5)c(C)c4)ncc3c2)ccn1. The number of hydrogen-bond donors (Lipinski definition) is 1. The van der Waals surface area contributed by atoms with Crippen molar-refractivity contribution in [2.24, 2.45) is 0 Å². The van der Waals surface area contributed by atoms with Crippen LogP contribution in [0.15, 0.2) is 67.4 Å². The topological polar surface area (TPSA) is 80.9 Å². The summed E-state index contributed by atoms with van der Waals surface area (Å²) >= 11 is 0. The van der Waals surface area contributed by atoms with E-state index in [1.165, 1.54) is 0 Å². The Morgan fingerprint density at radius 2 is 1.50 bits per heavy atom. The molecule has 32 heavy (non-hydrogen) atoms. The Morgan fingerprint density at radius 1 is 0.750 bits per heavy atom. The third-order valence-corrected chi connectivity index (χ3v) is 5.37. The average Bonchev–Trinajstić information content (AvgIpc) is 3.20. The van der Waals surface area contributed by atoms with Gasteiger partial charge in [-0.1, -0.05) is 6.07 Å². The van der Waals surface area contributed by atoms with Gasteiger partial charge >= 0.3 is 0 Å². The lowest BCUT2D eigenvalue weighted by atomic mass is 10.1. The van der Waals surface area contributed by atoms with Crippen LogP contribution in [0.2, 0.25) is 0 Å². The van der Waals surface area contributed by atoms with Crippen LogP contribution >= 0.6 is 0 Å². The minimum absolute atomic E-state index is 0.607. The zero-order valence-corrected chi connectivity index (χ0v) is 18.2. The van der Waals surface area contributed by atoms with Crippen molar-refractivity contribution in [1.82, 2.24) is 29.5 Å². The number of rotatable bonds is 5. The van der Waals surface area contributed by atoms with Gasteiger partial charge in [-0.3, -0.25) is 15.0 Å². The molecule has 0 aromatic carbocycles. The number of aromatic nitrogens is 6. The third-order valence-electron chi connectivity index (χ3n) is 5.37. The van der Waals surface area contributed by atoms with E-state index in [4.69, 9.17) is 0 Å². The third kappa shape index (κ3) is 3.92. The van der Waals surface area contributed by atoms with Crippen molar-refractivity contribution >= 4 is 11.5 Å². The maximum atomic E-state index is 4.69. The molecular weight excluding hydrogens is 398 g/mol. The van der Waals surface area contributed by atoms with Gasteiger partial charge in [0.15, 0.2) is 0 Å². The predicted octanol–water partition coefficient (Wildman–Crippen LogP) is 4.79. The summed E-state index contributed by atoms with van der Waals surface area (Å²) in [6.07, 6.45) is 9.21. The van der Waals surface area contributed by atoms with Gasteiger partial charge in [0.1, 0.15) is 0 Å². The van der Waals surface area contributed by atoms with Gasteiger partial charge in [-0.05, 0) is 67.8 Å². The second kappa shape index (κ2) is 8.19. The second-order valence-electron chi connectivity index (χ2n) is 7.90. The maximum absolute atomic E-state index is 4.69. The van der Waals surface area contributed by atoms with Crippen LogP contribution in [0.25, 0.3) is 27.9 Å². The normalized spacial score (nSPS) is 11.1. The molecule has 5 aromatic heterocycles. The minimum atomic E-state index is 0.607. The Kier molecular flexibility index (Phi) is 5.07. The molecule has 0 saturated carbocycles. The van der Waals surface area contributed by atoms with Gasteiger partial charge in [0.05, 0.1) is 23.6 Å². The lowest BCUT2D eigenvalue weighted by Gasteiger charge is -2.10. The summed E-state index contributed by atoms with van der Waals surface area (Å²) < 4.78 is 1.81. The van der Waals surface area contributed by atoms with Crippen molar-refractivity contribution in [2.75, 3.05) is 5.32 Å². The van der Waals surface area contributed by atoms with E-state index in [0.717, 1.165) is 50.4 Å². The first-order chi connectivity index (χ1) is 15.6. The Balaban J connectivity index is 1.34. The van der Waals surface area contributed by atoms with Crippen molar-refractivity contribution in [1.29, 1.82) is 0 Å². The fourth-order valence-corrected chi connectivity index (χ4v) is 3.80. The summed E-state index contributed by atoms with van der Waals surface area (Å²) in [5, 5.41) is 7.97. The molecule has 5 aromatic rings. The van der Waals surface area contributed by atoms with Crippen molar-refractivity contribution in [3.05, 3.63) is 89.9 Å². The van der Waals surface area contributed by atoms with E-state index in [-0.39, 0.29) is 0 Å².